The summed E-state index contributed by atoms with van der Waals surface area (Å²) in [6.07, 6.45) is 1.95. The van der Waals surface area contributed by atoms with Crippen LogP contribution in [0.1, 0.15) is 35.2 Å². The van der Waals surface area contributed by atoms with Crippen molar-refractivity contribution in [2.45, 2.75) is 29.8 Å². The van der Waals surface area contributed by atoms with Gasteiger partial charge in [0.15, 0.2) is 5.16 Å². The van der Waals surface area contributed by atoms with Gasteiger partial charge in [-0.25, -0.2) is 0 Å². The van der Waals surface area contributed by atoms with Crippen molar-refractivity contribution in [3.8, 4) is 0 Å². The highest BCUT2D eigenvalue weighted by molar-refractivity contribution is 7.99. The molecule has 1 heterocycles. The van der Waals surface area contributed by atoms with E-state index in [9.17, 15) is 4.79 Å². The van der Waals surface area contributed by atoms with Crippen molar-refractivity contribution < 1.29 is 4.79 Å². The standard InChI is InChI=1S/C22H24N4OS/c1-26-21(19-14-18(19)17-10-6-3-7-11-17)24-25-22(26)28-15-20(27)23-13-12-16-8-4-2-5-9-16/h2-11,18-19H,12-15H2,1H3,(H,23,27). The average molecular weight is 393 g/mol. The van der Waals surface area contributed by atoms with E-state index in [0.717, 1.165) is 23.8 Å². The molecule has 1 amide bonds. The normalized spacial score (nSPS) is 18.0. The Bertz CT molecular complexity index is 926. The van der Waals surface area contributed by atoms with Gasteiger partial charge >= 0.3 is 0 Å². The Labute approximate surface area is 169 Å². The van der Waals surface area contributed by atoms with E-state index in [4.69, 9.17) is 0 Å². The Balaban J connectivity index is 1.25. The minimum atomic E-state index is 0.0269. The number of thioether (sulfide) groups is 1. The minimum absolute atomic E-state index is 0.0269. The van der Waals surface area contributed by atoms with Crippen molar-refractivity contribution in [3.63, 3.8) is 0 Å². The number of rotatable bonds is 8. The van der Waals surface area contributed by atoms with Crippen LogP contribution in [0.2, 0.25) is 0 Å². The molecule has 1 fully saturated rings. The van der Waals surface area contributed by atoms with Gasteiger partial charge in [0.25, 0.3) is 0 Å². The first-order valence-electron chi connectivity index (χ1n) is 9.60. The van der Waals surface area contributed by atoms with Crippen molar-refractivity contribution in [3.05, 3.63) is 77.6 Å². The first kappa shape index (κ1) is 18.7. The molecule has 5 nitrogen and oxygen atoms in total. The summed E-state index contributed by atoms with van der Waals surface area (Å²) < 4.78 is 2.04. The summed E-state index contributed by atoms with van der Waals surface area (Å²) in [5.74, 6) is 2.35. The molecule has 1 aliphatic carbocycles. The first-order valence-corrected chi connectivity index (χ1v) is 10.6. The van der Waals surface area contributed by atoms with Crippen LogP contribution in [-0.4, -0.2) is 33.0 Å². The number of nitrogens with zero attached hydrogens (tertiary/aromatic N) is 3. The molecule has 6 heteroatoms. The summed E-state index contributed by atoms with van der Waals surface area (Å²) in [6, 6.07) is 20.7. The van der Waals surface area contributed by atoms with E-state index in [-0.39, 0.29) is 5.91 Å². The quantitative estimate of drug-likeness (QED) is 0.596. The number of hydrogen-bond donors (Lipinski definition) is 1. The number of aromatic nitrogens is 3. The third-order valence-corrected chi connectivity index (χ3v) is 6.15. The molecular weight excluding hydrogens is 368 g/mol. The number of benzene rings is 2. The molecule has 0 spiro atoms. The molecule has 0 bridgehead atoms. The Hall–Kier alpha value is -2.60. The lowest BCUT2D eigenvalue weighted by Gasteiger charge is -2.06. The molecule has 1 aromatic heterocycles. The number of carbonyl (C=O) groups is 1. The third kappa shape index (κ3) is 4.44. The fourth-order valence-corrected chi connectivity index (χ4v) is 4.24. The van der Waals surface area contributed by atoms with Crippen LogP contribution in [0.15, 0.2) is 65.8 Å². The molecule has 1 saturated carbocycles. The largest absolute Gasteiger partial charge is 0.355 e. The highest BCUT2D eigenvalue weighted by Crippen LogP contribution is 2.54. The fraction of sp³-hybridized carbons (Fsp3) is 0.318. The minimum Gasteiger partial charge on any atom is -0.355 e. The number of nitrogens with one attached hydrogen (secondary N) is 1. The topological polar surface area (TPSA) is 59.8 Å². The molecule has 2 aromatic carbocycles. The molecule has 0 aliphatic heterocycles. The van der Waals surface area contributed by atoms with E-state index in [1.165, 1.54) is 22.9 Å². The summed E-state index contributed by atoms with van der Waals surface area (Å²) in [5.41, 5.74) is 2.59. The van der Waals surface area contributed by atoms with Crippen molar-refractivity contribution >= 4 is 17.7 Å². The molecular formula is C22H24N4OS. The van der Waals surface area contributed by atoms with E-state index in [1.54, 1.807) is 0 Å². The molecule has 0 saturated heterocycles. The number of hydrogen-bond acceptors (Lipinski definition) is 4. The first-order chi connectivity index (χ1) is 13.7. The van der Waals surface area contributed by atoms with Crippen LogP contribution in [0.3, 0.4) is 0 Å². The maximum atomic E-state index is 12.1. The molecule has 28 heavy (non-hydrogen) atoms. The van der Waals surface area contributed by atoms with Crippen LogP contribution in [-0.2, 0) is 18.3 Å². The Morgan fingerprint density at radius 3 is 2.54 bits per heavy atom. The summed E-state index contributed by atoms with van der Waals surface area (Å²) >= 11 is 1.44. The van der Waals surface area contributed by atoms with Crippen molar-refractivity contribution in [1.82, 2.24) is 20.1 Å². The zero-order valence-electron chi connectivity index (χ0n) is 15.9. The van der Waals surface area contributed by atoms with E-state index < -0.39 is 0 Å². The lowest BCUT2D eigenvalue weighted by Crippen LogP contribution is -2.27. The van der Waals surface area contributed by atoms with Gasteiger partial charge in [0, 0.05) is 19.5 Å². The van der Waals surface area contributed by atoms with Gasteiger partial charge in [0.1, 0.15) is 5.82 Å². The molecule has 4 rings (SSSR count). The van der Waals surface area contributed by atoms with Gasteiger partial charge in [-0.2, -0.15) is 0 Å². The number of carbonyl (C=O) groups excluding carboxylic acids is 1. The van der Waals surface area contributed by atoms with Gasteiger partial charge in [-0.05, 0) is 29.9 Å². The zero-order chi connectivity index (χ0) is 19.3. The van der Waals surface area contributed by atoms with Crippen LogP contribution in [0.25, 0.3) is 0 Å². The average Bonchev–Trinajstić information content (AvgIpc) is 3.44. The van der Waals surface area contributed by atoms with Crippen molar-refractivity contribution in [2.24, 2.45) is 7.05 Å². The van der Waals surface area contributed by atoms with Gasteiger partial charge < -0.3 is 9.88 Å². The van der Waals surface area contributed by atoms with Gasteiger partial charge in [-0.3, -0.25) is 4.79 Å². The summed E-state index contributed by atoms with van der Waals surface area (Å²) in [6.45, 7) is 0.647. The second-order valence-corrected chi connectivity index (χ2v) is 8.08. The molecule has 1 aliphatic rings. The summed E-state index contributed by atoms with van der Waals surface area (Å²) in [4.78, 5) is 12.1. The highest BCUT2D eigenvalue weighted by Gasteiger charge is 2.42. The van der Waals surface area contributed by atoms with Crippen LogP contribution < -0.4 is 5.32 Å². The van der Waals surface area contributed by atoms with Crippen LogP contribution in [0.5, 0.6) is 0 Å². The Morgan fingerprint density at radius 1 is 1.07 bits per heavy atom. The Kier molecular flexibility index (Phi) is 5.76. The smallest absolute Gasteiger partial charge is 0.230 e. The SMILES string of the molecule is Cn1c(SCC(=O)NCCc2ccccc2)nnc1C1CC1c1ccccc1. The monoisotopic (exact) mass is 392 g/mol. The van der Waals surface area contributed by atoms with Crippen LogP contribution >= 0.6 is 11.8 Å². The summed E-state index contributed by atoms with van der Waals surface area (Å²) in [5, 5.41) is 12.5. The van der Waals surface area contributed by atoms with Gasteiger partial charge in [0.05, 0.1) is 5.75 Å². The predicted octanol–water partition coefficient (Wildman–Crippen LogP) is 3.54. The maximum absolute atomic E-state index is 12.1. The number of amides is 1. The lowest BCUT2D eigenvalue weighted by atomic mass is 10.1. The van der Waals surface area contributed by atoms with E-state index in [2.05, 4.69) is 51.9 Å². The molecule has 2 unspecified atom stereocenters. The second-order valence-electron chi connectivity index (χ2n) is 7.13. The fourth-order valence-electron chi connectivity index (χ4n) is 3.50. The van der Waals surface area contributed by atoms with Crippen LogP contribution in [0, 0.1) is 0 Å². The molecule has 144 valence electrons. The van der Waals surface area contributed by atoms with Crippen molar-refractivity contribution in [2.75, 3.05) is 12.3 Å². The Morgan fingerprint density at radius 2 is 1.79 bits per heavy atom. The van der Waals surface area contributed by atoms with Gasteiger partial charge in [-0.1, -0.05) is 72.4 Å². The zero-order valence-corrected chi connectivity index (χ0v) is 16.7. The molecule has 3 aromatic rings. The maximum Gasteiger partial charge on any atom is 0.230 e. The second kappa shape index (κ2) is 8.61. The van der Waals surface area contributed by atoms with Gasteiger partial charge in [0.2, 0.25) is 5.91 Å². The van der Waals surface area contributed by atoms with Gasteiger partial charge in [-0.15, -0.1) is 10.2 Å². The van der Waals surface area contributed by atoms with Crippen LogP contribution in [0.4, 0.5) is 0 Å². The third-order valence-electron chi connectivity index (χ3n) is 5.13. The molecule has 0 radical (unpaired) electrons. The van der Waals surface area contributed by atoms with E-state index >= 15 is 0 Å². The van der Waals surface area contributed by atoms with E-state index in [1.807, 2.05) is 35.9 Å². The highest BCUT2D eigenvalue weighted by atomic mass is 32.2. The summed E-state index contributed by atoms with van der Waals surface area (Å²) in [7, 11) is 1.99. The molecule has 1 N–H and O–H groups in total. The van der Waals surface area contributed by atoms with E-state index in [0.29, 0.717) is 24.1 Å². The van der Waals surface area contributed by atoms with Crippen molar-refractivity contribution in [1.29, 1.82) is 0 Å². The lowest BCUT2D eigenvalue weighted by molar-refractivity contribution is -0.118. The molecule has 2 atom stereocenters. The predicted molar refractivity (Wildman–Crippen MR) is 111 cm³/mol.